The Morgan fingerprint density at radius 3 is 2.83 bits per heavy atom. The zero-order chi connectivity index (χ0) is 9.40. The zero-order valence-electron chi connectivity index (χ0n) is 7.80. The van der Waals surface area contributed by atoms with Gasteiger partial charge in [-0.1, -0.05) is 6.92 Å². The summed E-state index contributed by atoms with van der Waals surface area (Å²) in [4.78, 5) is 11.1. The molecule has 0 aliphatic rings. The summed E-state index contributed by atoms with van der Waals surface area (Å²) in [5.41, 5.74) is 5.23. The van der Waals surface area contributed by atoms with Crippen LogP contribution in [0.5, 0.6) is 0 Å². The van der Waals surface area contributed by atoms with E-state index < -0.39 is 0 Å². The van der Waals surface area contributed by atoms with Gasteiger partial charge in [-0.15, -0.1) is 0 Å². The van der Waals surface area contributed by atoms with Gasteiger partial charge in [-0.2, -0.15) is 0 Å². The van der Waals surface area contributed by atoms with Crippen molar-refractivity contribution < 1.29 is 9.53 Å². The average molecular weight is 174 g/mol. The lowest BCUT2D eigenvalue weighted by Gasteiger charge is -2.09. The molecule has 0 aliphatic heterocycles. The SMILES string of the molecule is COCC(C)CC(=O)NCCN. The van der Waals surface area contributed by atoms with Gasteiger partial charge in [-0.3, -0.25) is 4.79 Å². The Labute approximate surface area is 73.5 Å². The van der Waals surface area contributed by atoms with E-state index in [4.69, 9.17) is 10.5 Å². The molecule has 0 bridgehead atoms. The summed E-state index contributed by atoms with van der Waals surface area (Å²) in [5, 5.41) is 2.70. The Bertz CT molecular complexity index is 128. The fraction of sp³-hybridized carbons (Fsp3) is 0.875. The molecule has 0 saturated heterocycles. The van der Waals surface area contributed by atoms with E-state index in [2.05, 4.69) is 5.32 Å². The van der Waals surface area contributed by atoms with Crippen molar-refractivity contribution in [3.8, 4) is 0 Å². The molecule has 0 spiro atoms. The van der Waals surface area contributed by atoms with E-state index in [1.54, 1.807) is 7.11 Å². The predicted molar refractivity (Wildman–Crippen MR) is 47.7 cm³/mol. The molecule has 12 heavy (non-hydrogen) atoms. The maximum absolute atomic E-state index is 11.1. The summed E-state index contributed by atoms with van der Waals surface area (Å²) >= 11 is 0. The van der Waals surface area contributed by atoms with Crippen LogP contribution in [0.25, 0.3) is 0 Å². The molecule has 0 fully saturated rings. The van der Waals surface area contributed by atoms with Crippen molar-refractivity contribution in [2.45, 2.75) is 13.3 Å². The lowest BCUT2D eigenvalue weighted by atomic mass is 10.1. The van der Waals surface area contributed by atoms with Gasteiger partial charge in [0.15, 0.2) is 0 Å². The lowest BCUT2D eigenvalue weighted by Crippen LogP contribution is -2.30. The van der Waals surface area contributed by atoms with Crippen LogP contribution in [0, 0.1) is 5.92 Å². The van der Waals surface area contributed by atoms with Crippen molar-refractivity contribution in [3.05, 3.63) is 0 Å². The third-order valence-corrected chi connectivity index (χ3v) is 1.45. The predicted octanol–water partition coefficient (Wildman–Crippen LogP) is -0.266. The Morgan fingerprint density at radius 1 is 1.67 bits per heavy atom. The van der Waals surface area contributed by atoms with Crippen LogP contribution < -0.4 is 11.1 Å². The van der Waals surface area contributed by atoms with Crippen molar-refractivity contribution >= 4 is 5.91 Å². The van der Waals surface area contributed by atoms with Gasteiger partial charge in [0.1, 0.15) is 0 Å². The fourth-order valence-electron chi connectivity index (χ4n) is 0.944. The number of amides is 1. The van der Waals surface area contributed by atoms with Gasteiger partial charge < -0.3 is 15.8 Å². The Balaban J connectivity index is 3.40. The van der Waals surface area contributed by atoms with E-state index in [0.29, 0.717) is 26.1 Å². The van der Waals surface area contributed by atoms with Crippen molar-refractivity contribution in [2.75, 3.05) is 26.8 Å². The summed E-state index contributed by atoms with van der Waals surface area (Å²) in [6, 6.07) is 0. The number of methoxy groups -OCH3 is 1. The molecule has 0 heterocycles. The molecule has 0 aliphatic carbocycles. The van der Waals surface area contributed by atoms with Crippen LogP contribution in [0.4, 0.5) is 0 Å². The summed E-state index contributed by atoms with van der Waals surface area (Å²) in [7, 11) is 1.63. The fourth-order valence-corrected chi connectivity index (χ4v) is 0.944. The standard InChI is InChI=1S/C8H18N2O2/c1-7(6-12-2)5-8(11)10-4-3-9/h7H,3-6,9H2,1-2H3,(H,10,11). The quantitative estimate of drug-likeness (QED) is 0.583. The molecule has 0 saturated carbocycles. The van der Waals surface area contributed by atoms with Crippen LogP contribution in [0.3, 0.4) is 0 Å². The first-order valence-corrected chi connectivity index (χ1v) is 4.16. The highest BCUT2D eigenvalue weighted by atomic mass is 16.5. The first-order chi connectivity index (χ1) is 5.70. The maximum atomic E-state index is 11.1. The number of carbonyl (C=O) groups is 1. The second-order valence-electron chi connectivity index (χ2n) is 2.90. The van der Waals surface area contributed by atoms with Crippen LogP contribution in [0.15, 0.2) is 0 Å². The van der Waals surface area contributed by atoms with Crippen molar-refractivity contribution in [2.24, 2.45) is 11.7 Å². The highest BCUT2D eigenvalue weighted by Gasteiger charge is 2.07. The van der Waals surface area contributed by atoms with Gasteiger partial charge in [0, 0.05) is 33.2 Å². The van der Waals surface area contributed by atoms with Gasteiger partial charge in [0.05, 0.1) is 0 Å². The van der Waals surface area contributed by atoms with E-state index in [1.165, 1.54) is 0 Å². The van der Waals surface area contributed by atoms with Crippen molar-refractivity contribution in [1.29, 1.82) is 0 Å². The lowest BCUT2D eigenvalue weighted by molar-refractivity contribution is -0.122. The third kappa shape index (κ3) is 6.12. The van der Waals surface area contributed by atoms with Crippen LogP contribution in [0.2, 0.25) is 0 Å². The third-order valence-electron chi connectivity index (χ3n) is 1.45. The second kappa shape index (κ2) is 7.06. The minimum Gasteiger partial charge on any atom is -0.384 e. The Morgan fingerprint density at radius 2 is 2.33 bits per heavy atom. The van der Waals surface area contributed by atoms with Crippen LogP contribution in [-0.4, -0.2) is 32.7 Å². The van der Waals surface area contributed by atoms with Gasteiger partial charge in [-0.25, -0.2) is 0 Å². The smallest absolute Gasteiger partial charge is 0.220 e. The number of carbonyl (C=O) groups excluding carboxylic acids is 1. The highest BCUT2D eigenvalue weighted by molar-refractivity contribution is 5.76. The molecule has 4 nitrogen and oxygen atoms in total. The molecule has 3 N–H and O–H groups in total. The molecular weight excluding hydrogens is 156 g/mol. The average Bonchev–Trinajstić information content (AvgIpc) is 2.01. The van der Waals surface area contributed by atoms with E-state index in [9.17, 15) is 4.79 Å². The largest absolute Gasteiger partial charge is 0.384 e. The van der Waals surface area contributed by atoms with Crippen LogP contribution >= 0.6 is 0 Å². The van der Waals surface area contributed by atoms with Crippen LogP contribution in [-0.2, 0) is 9.53 Å². The van der Waals surface area contributed by atoms with E-state index in [1.807, 2.05) is 6.92 Å². The first-order valence-electron chi connectivity index (χ1n) is 4.16. The van der Waals surface area contributed by atoms with Gasteiger partial charge >= 0.3 is 0 Å². The summed E-state index contributed by atoms with van der Waals surface area (Å²) in [6.07, 6.45) is 0.508. The monoisotopic (exact) mass is 174 g/mol. The number of ether oxygens (including phenoxy) is 1. The van der Waals surface area contributed by atoms with Crippen molar-refractivity contribution in [1.82, 2.24) is 5.32 Å². The number of hydrogen-bond acceptors (Lipinski definition) is 3. The molecule has 72 valence electrons. The molecule has 0 aromatic heterocycles. The molecule has 1 unspecified atom stereocenters. The Hall–Kier alpha value is -0.610. The molecular formula is C8H18N2O2. The van der Waals surface area contributed by atoms with E-state index in [0.717, 1.165) is 0 Å². The topological polar surface area (TPSA) is 64.3 Å². The van der Waals surface area contributed by atoms with Gasteiger partial charge in [0.2, 0.25) is 5.91 Å². The number of nitrogens with two attached hydrogens (primary N) is 1. The molecule has 0 rings (SSSR count). The maximum Gasteiger partial charge on any atom is 0.220 e. The first kappa shape index (κ1) is 11.4. The van der Waals surface area contributed by atoms with Crippen LogP contribution in [0.1, 0.15) is 13.3 Å². The van der Waals surface area contributed by atoms with E-state index >= 15 is 0 Å². The minimum atomic E-state index is 0.0463. The highest BCUT2D eigenvalue weighted by Crippen LogP contribution is 2.00. The zero-order valence-corrected chi connectivity index (χ0v) is 7.80. The molecule has 0 radical (unpaired) electrons. The van der Waals surface area contributed by atoms with Gasteiger partial charge in [-0.05, 0) is 5.92 Å². The van der Waals surface area contributed by atoms with Crippen molar-refractivity contribution in [3.63, 3.8) is 0 Å². The van der Waals surface area contributed by atoms with Gasteiger partial charge in [0.25, 0.3) is 0 Å². The molecule has 0 aromatic carbocycles. The van der Waals surface area contributed by atoms with E-state index in [-0.39, 0.29) is 11.8 Å². The summed E-state index contributed by atoms with van der Waals surface area (Å²) in [5.74, 6) is 0.317. The Kier molecular flexibility index (Phi) is 6.70. The summed E-state index contributed by atoms with van der Waals surface area (Å²) in [6.45, 7) is 3.64. The number of hydrogen-bond donors (Lipinski definition) is 2. The molecule has 4 heteroatoms. The number of nitrogens with one attached hydrogen (secondary N) is 1. The minimum absolute atomic E-state index is 0.0463. The molecule has 0 aromatic rings. The normalized spacial score (nSPS) is 12.6. The second-order valence-corrected chi connectivity index (χ2v) is 2.90. The number of rotatable bonds is 6. The molecule has 1 atom stereocenters. The molecule has 1 amide bonds. The summed E-state index contributed by atoms with van der Waals surface area (Å²) < 4.78 is 4.90.